The van der Waals surface area contributed by atoms with Crippen LogP contribution in [0.15, 0.2) is 52.2 Å². The highest BCUT2D eigenvalue weighted by Gasteiger charge is 2.21. The van der Waals surface area contributed by atoms with Gasteiger partial charge in [0.1, 0.15) is 5.65 Å². The van der Waals surface area contributed by atoms with Crippen molar-refractivity contribution in [3.05, 3.63) is 69.0 Å². The van der Waals surface area contributed by atoms with Gasteiger partial charge in [0.15, 0.2) is 0 Å². The molecule has 0 saturated carbocycles. The van der Waals surface area contributed by atoms with Gasteiger partial charge in [-0.25, -0.2) is 9.78 Å². The zero-order chi connectivity index (χ0) is 24.1. The molecule has 3 heterocycles. The molecule has 1 aliphatic rings. The van der Waals surface area contributed by atoms with Crippen LogP contribution >= 0.6 is 0 Å². The first-order valence-corrected chi connectivity index (χ1v) is 11.5. The van der Waals surface area contributed by atoms with Crippen molar-refractivity contribution >= 4 is 28.5 Å². The molecule has 34 heavy (non-hydrogen) atoms. The number of hydrogen-bond acceptors (Lipinski definition) is 6. The van der Waals surface area contributed by atoms with E-state index in [2.05, 4.69) is 32.3 Å². The van der Waals surface area contributed by atoms with Crippen molar-refractivity contribution in [3.63, 3.8) is 0 Å². The van der Waals surface area contributed by atoms with Crippen LogP contribution in [0.4, 0.5) is 5.69 Å². The van der Waals surface area contributed by atoms with Gasteiger partial charge in [-0.05, 0) is 24.6 Å². The fourth-order valence-electron chi connectivity index (χ4n) is 4.12. The van der Waals surface area contributed by atoms with E-state index >= 15 is 0 Å². The number of rotatable bonds is 7. The molecule has 0 aliphatic carbocycles. The highest BCUT2D eigenvalue weighted by atomic mass is 16.2. The number of amides is 2. The highest BCUT2D eigenvalue weighted by molar-refractivity contribution is 5.96. The molecule has 0 bridgehead atoms. The minimum absolute atomic E-state index is 0.00956. The summed E-state index contributed by atoms with van der Waals surface area (Å²) < 4.78 is 1.38. The molecule has 1 fully saturated rings. The number of aromatic amines is 1. The summed E-state index contributed by atoms with van der Waals surface area (Å²) in [4.78, 5) is 59.9. The predicted molar refractivity (Wildman–Crippen MR) is 129 cm³/mol. The molecule has 1 aliphatic heterocycles. The van der Waals surface area contributed by atoms with Crippen molar-refractivity contribution in [2.24, 2.45) is 0 Å². The van der Waals surface area contributed by atoms with Crippen LogP contribution in [0.1, 0.15) is 30.1 Å². The summed E-state index contributed by atoms with van der Waals surface area (Å²) in [5.41, 5.74) is 0.489. The van der Waals surface area contributed by atoms with Crippen LogP contribution in [-0.4, -0.2) is 64.0 Å². The van der Waals surface area contributed by atoms with Gasteiger partial charge in [-0.15, -0.1) is 0 Å². The van der Waals surface area contributed by atoms with E-state index in [1.165, 1.54) is 16.8 Å². The van der Waals surface area contributed by atoms with Gasteiger partial charge in [0.2, 0.25) is 5.91 Å². The highest BCUT2D eigenvalue weighted by Crippen LogP contribution is 2.16. The SMILES string of the molecule is CCCn1c(=O)[nH]c(=O)c2cc(C(=O)NCCC(=O)N3CCN(c4ccccc4)CC3)cnc21. The van der Waals surface area contributed by atoms with Crippen molar-refractivity contribution in [2.45, 2.75) is 26.3 Å². The van der Waals surface area contributed by atoms with Crippen molar-refractivity contribution in [3.8, 4) is 0 Å². The third-order valence-corrected chi connectivity index (χ3v) is 5.92. The number of nitrogens with one attached hydrogen (secondary N) is 2. The number of carbonyl (C=O) groups excluding carboxylic acids is 2. The summed E-state index contributed by atoms with van der Waals surface area (Å²) >= 11 is 0. The summed E-state index contributed by atoms with van der Waals surface area (Å²) in [6.07, 6.45) is 2.22. The van der Waals surface area contributed by atoms with Gasteiger partial charge in [-0.3, -0.25) is 23.9 Å². The van der Waals surface area contributed by atoms with E-state index in [0.717, 1.165) is 18.8 Å². The van der Waals surface area contributed by atoms with Gasteiger partial charge in [-0.1, -0.05) is 25.1 Å². The lowest BCUT2D eigenvalue weighted by Crippen LogP contribution is -2.49. The average molecular weight is 465 g/mol. The third kappa shape index (κ3) is 5.00. The normalized spacial score (nSPS) is 13.8. The van der Waals surface area contributed by atoms with Crippen molar-refractivity contribution in [2.75, 3.05) is 37.6 Å². The fraction of sp³-hybridized carbons (Fsp3) is 0.375. The number of aryl methyl sites for hydroxylation is 1. The van der Waals surface area contributed by atoms with E-state index in [4.69, 9.17) is 0 Å². The second kappa shape index (κ2) is 10.3. The Balaban J connectivity index is 1.32. The number of pyridine rings is 1. The van der Waals surface area contributed by atoms with Crippen LogP contribution in [-0.2, 0) is 11.3 Å². The molecule has 1 aromatic carbocycles. The molecule has 10 nitrogen and oxygen atoms in total. The zero-order valence-electron chi connectivity index (χ0n) is 19.1. The first-order valence-electron chi connectivity index (χ1n) is 11.5. The molecule has 178 valence electrons. The van der Waals surface area contributed by atoms with Gasteiger partial charge >= 0.3 is 5.69 Å². The van der Waals surface area contributed by atoms with Gasteiger partial charge in [-0.2, -0.15) is 0 Å². The molecule has 0 spiro atoms. The lowest BCUT2D eigenvalue weighted by Gasteiger charge is -2.36. The Morgan fingerprint density at radius 1 is 1.09 bits per heavy atom. The minimum Gasteiger partial charge on any atom is -0.368 e. The summed E-state index contributed by atoms with van der Waals surface area (Å²) in [7, 11) is 0. The molecule has 10 heteroatoms. The second-order valence-corrected chi connectivity index (χ2v) is 8.22. The standard InChI is InChI=1S/C24H28N6O4/c1-2-10-30-21-19(23(33)27-24(30)34)15-17(16-26-21)22(32)25-9-8-20(31)29-13-11-28(12-14-29)18-6-4-3-5-7-18/h3-7,15-16H,2,8-14H2,1H3,(H,25,32)(H,27,33,34). The summed E-state index contributed by atoms with van der Waals surface area (Å²) in [5, 5.41) is 2.90. The zero-order valence-corrected chi connectivity index (χ0v) is 19.1. The van der Waals surface area contributed by atoms with Crippen LogP contribution < -0.4 is 21.5 Å². The number of fused-ring (bicyclic) bond motifs is 1. The lowest BCUT2D eigenvalue weighted by atomic mass is 10.2. The van der Waals surface area contributed by atoms with Crippen LogP contribution in [0.25, 0.3) is 11.0 Å². The maximum absolute atomic E-state index is 12.6. The van der Waals surface area contributed by atoms with Gasteiger partial charge in [0.25, 0.3) is 11.5 Å². The molecule has 2 amide bonds. The largest absolute Gasteiger partial charge is 0.368 e. The summed E-state index contributed by atoms with van der Waals surface area (Å²) in [5.74, 6) is -0.437. The fourth-order valence-corrected chi connectivity index (χ4v) is 4.12. The van der Waals surface area contributed by atoms with Crippen molar-refractivity contribution in [1.82, 2.24) is 24.8 Å². The average Bonchev–Trinajstić information content (AvgIpc) is 2.86. The quantitative estimate of drug-likeness (QED) is 0.538. The van der Waals surface area contributed by atoms with Gasteiger partial charge in [0, 0.05) is 57.6 Å². The van der Waals surface area contributed by atoms with E-state index in [1.807, 2.05) is 30.0 Å². The maximum Gasteiger partial charge on any atom is 0.329 e. The summed E-state index contributed by atoms with van der Waals surface area (Å²) in [6, 6.07) is 11.5. The van der Waals surface area contributed by atoms with Crippen LogP contribution in [0.3, 0.4) is 0 Å². The Morgan fingerprint density at radius 3 is 2.53 bits per heavy atom. The number of nitrogens with zero attached hydrogens (tertiary/aromatic N) is 4. The monoisotopic (exact) mass is 464 g/mol. The molecular formula is C24H28N6O4. The smallest absolute Gasteiger partial charge is 0.329 e. The molecule has 0 unspecified atom stereocenters. The molecule has 1 saturated heterocycles. The number of anilines is 1. The molecule has 0 radical (unpaired) electrons. The number of H-pyrrole nitrogens is 1. The second-order valence-electron chi connectivity index (χ2n) is 8.22. The van der Waals surface area contributed by atoms with E-state index in [9.17, 15) is 19.2 Å². The first kappa shape index (κ1) is 23.2. The van der Waals surface area contributed by atoms with E-state index in [-0.39, 0.29) is 35.5 Å². The van der Waals surface area contributed by atoms with E-state index in [1.54, 1.807) is 0 Å². The van der Waals surface area contributed by atoms with E-state index < -0.39 is 17.2 Å². The molecular weight excluding hydrogens is 436 g/mol. The maximum atomic E-state index is 12.6. The number of para-hydroxylation sites is 1. The molecule has 4 rings (SSSR count). The molecule has 3 aromatic rings. The first-order chi connectivity index (χ1) is 16.5. The van der Waals surface area contributed by atoms with Crippen molar-refractivity contribution in [1.29, 1.82) is 0 Å². The molecule has 0 atom stereocenters. The Kier molecular flexibility index (Phi) is 7.05. The van der Waals surface area contributed by atoms with Crippen LogP contribution in [0.2, 0.25) is 0 Å². The summed E-state index contributed by atoms with van der Waals surface area (Å²) in [6.45, 7) is 5.31. The number of piperazine rings is 1. The van der Waals surface area contributed by atoms with Crippen LogP contribution in [0.5, 0.6) is 0 Å². The number of benzene rings is 1. The predicted octanol–water partition coefficient (Wildman–Crippen LogP) is 0.964. The topological polar surface area (TPSA) is 120 Å². The van der Waals surface area contributed by atoms with E-state index in [0.29, 0.717) is 26.1 Å². The van der Waals surface area contributed by atoms with Gasteiger partial charge in [0.05, 0.1) is 10.9 Å². The number of hydrogen-bond donors (Lipinski definition) is 2. The minimum atomic E-state index is -0.584. The lowest BCUT2D eigenvalue weighted by molar-refractivity contribution is -0.131. The Hall–Kier alpha value is -3.95. The molecule has 2 N–H and O–H groups in total. The number of aromatic nitrogens is 3. The third-order valence-electron chi connectivity index (χ3n) is 5.92. The number of carbonyl (C=O) groups is 2. The molecule has 2 aromatic heterocycles. The van der Waals surface area contributed by atoms with Gasteiger partial charge < -0.3 is 15.1 Å². The Bertz CT molecular complexity index is 1290. The Morgan fingerprint density at radius 2 is 1.82 bits per heavy atom. The van der Waals surface area contributed by atoms with Crippen molar-refractivity contribution < 1.29 is 9.59 Å². The van der Waals surface area contributed by atoms with Crippen LogP contribution in [0, 0.1) is 0 Å². The Labute approximate surface area is 196 Å².